The van der Waals surface area contributed by atoms with Crippen molar-refractivity contribution in [1.29, 1.82) is 0 Å². The molecule has 1 saturated heterocycles. The zero-order valence-corrected chi connectivity index (χ0v) is 13.2. The van der Waals surface area contributed by atoms with E-state index in [0.29, 0.717) is 12.1 Å². The van der Waals surface area contributed by atoms with Gasteiger partial charge < -0.3 is 9.73 Å². The lowest BCUT2D eigenvalue weighted by atomic mass is 10.00. The highest BCUT2D eigenvalue weighted by molar-refractivity contribution is 5.14. The van der Waals surface area contributed by atoms with Gasteiger partial charge in [-0.25, -0.2) is 0 Å². The number of rotatable bonds is 6. The third-order valence-electron chi connectivity index (χ3n) is 4.48. The molecule has 2 aromatic heterocycles. The van der Waals surface area contributed by atoms with E-state index < -0.39 is 0 Å². The molecule has 3 rings (SSSR count). The summed E-state index contributed by atoms with van der Waals surface area (Å²) < 4.78 is 5.44. The third kappa shape index (κ3) is 3.96. The van der Waals surface area contributed by atoms with Crippen molar-refractivity contribution in [2.75, 3.05) is 13.1 Å². The van der Waals surface area contributed by atoms with E-state index in [9.17, 15) is 0 Å². The van der Waals surface area contributed by atoms with Crippen molar-refractivity contribution in [1.82, 2.24) is 15.2 Å². The number of hydrogen-bond donors (Lipinski definition) is 1. The van der Waals surface area contributed by atoms with Crippen molar-refractivity contribution in [3.05, 3.63) is 54.2 Å². The number of nitrogens with zero attached hydrogens (tertiary/aromatic N) is 2. The molecule has 1 aliphatic rings. The number of nitrogens with one attached hydrogen (secondary N) is 1. The molecule has 0 saturated carbocycles. The molecular weight excluding hydrogens is 274 g/mol. The lowest BCUT2D eigenvalue weighted by molar-refractivity contribution is 0.172. The largest absolute Gasteiger partial charge is 0.468 e. The summed E-state index contributed by atoms with van der Waals surface area (Å²) in [6, 6.07) is 9.21. The fourth-order valence-corrected chi connectivity index (χ4v) is 3.20. The van der Waals surface area contributed by atoms with Gasteiger partial charge in [-0.15, -0.1) is 0 Å². The van der Waals surface area contributed by atoms with Gasteiger partial charge in [-0.2, -0.15) is 0 Å². The van der Waals surface area contributed by atoms with Crippen LogP contribution in [0.25, 0.3) is 0 Å². The van der Waals surface area contributed by atoms with E-state index in [1.165, 1.54) is 18.4 Å². The predicted octanol–water partition coefficient (Wildman–Crippen LogP) is 3.38. The van der Waals surface area contributed by atoms with E-state index in [-0.39, 0.29) is 0 Å². The lowest BCUT2D eigenvalue weighted by Crippen LogP contribution is -2.43. The Morgan fingerprint density at radius 2 is 2.18 bits per heavy atom. The highest BCUT2D eigenvalue weighted by Crippen LogP contribution is 2.20. The zero-order valence-electron chi connectivity index (χ0n) is 13.2. The van der Waals surface area contributed by atoms with Crippen LogP contribution >= 0.6 is 0 Å². The topological polar surface area (TPSA) is 41.3 Å². The second kappa shape index (κ2) is 7.56. The van der Waals surface area contributed by atoms with Crippen molar-refractivity contribution in [3.63, 3.8) is 0 Å². The molecule has 0 aromatic carbocycles. The second-order valence-electron chi connectivity index (χ2n) is 6.04. The Hall–Kier alpha value is -1.65. The zero-order chi connectivity index (χ0) is 15.2. The summed E-state index contributed by atoms with van der Waals surface area (Å²) in [5.41, 5.74) is 1.29. The number of aromatic nitrogens is 1. The Morgan fingerprint density at radius 3 is 2.82 bits per heavy atom. The van der Waals surface area contributed by atoms with Crippen LogP contribution in [0, 0.1) is 0 Å². The van der Waals surface area contributed by atoms with Gasteiger partial charge in [0.1, 0.15) is 5.76 Å². The van der Waals surface area contributed by atoms with Gasteiger partial charge in [-0.1, -0.05) is 13.0 Å². The minimum absolute atomic E-state index is 0.412. The summed E-state index contributed by atoms with van der Waals surface area (Å²) in [7, 11) is 0. The molecule has 0 radical (unpaired) electrons. The molecule has 22 heavy (non-hydrogen) atoms. The maximum absolute atomic E-state index is 5.44. The number of hydrogen-bond acceptors (Lipinski definition) is 4. The fourth-order valence-electron chi connectivity index (χ4n) is 3.20. The smallest absolute Gasteiger partial charge is 0.117 e. The molecule has 1 unspecified atom stereocenters. The standard InChI is InChI=1S/C18H25N3O/c1-2-18(15-5-3-9-19-13-15)20-16-7-10-21(11-8-16)14-17-6-4-12-22-17/h3-6,9,12-13,16,18,20H,2,7-8,10-11,14H2,1H3. The Balaban J connectivity index is 1.48. The highest BCUT2D eigenvalue weighted by atomic mass is 16.3. The van der Waals surface area contributed by atoms with E-state index in [1.54, 1.807) is 6.26 Å². The maximum Gasteiger partial charge on any atom is 0.117 e. The second-order valence-corrected chi connectivity index (χ2v) is 6.04. The first kappa shape index (κ1) is 15.3. The van der Waals surface area contributed by atoms with Crippen LogP contribution in [0.5, 0.6) is 0 Å². The van der Waals surface area contributed by atoms with E-state index in [0.717, 1.165) is 31.8 Å². The summed E-state index contributed by atoms with van der Waals surface area (Å²) in [5, 5.41) is 3.81. The van der Waals surface area contributed by atoms with Crippen molar-refractivity contribution in [2.45, 2.75) is 44.8 Å². The van der Waals surface area contributed by atoms with Crippen molar-refractivity contribution in [2.24, 2.45) is 0 Å². The van der Waals surface area contributed by atoms with Crippen molar-refractivity contribution in [3.8, 4) is 0 Å². The van der Waals surface area contributed by atoms with E-state index in [1.807, 2.05) is 24.5 Å². The molecule has 1 atom stereocenters. The summed E-state index contributed by atoms with van der Waals surface area (Å²) in [6.07, 6.45) is 9.05. The molecule has 1 fully saturated rings. The molecule has 4 nitrogen and oxygen atoms in total. The van der Waals surface area contributed by atoms with Crippen LogP contribution in [0.15, 0.2) is 47.3 Å². The molecule has 1 N–H and O–H groups in total. The Kier molecular flexibility index (Phi) is 5.24. The Bertz CT molecular complexity index is 533. The Labute approximate surface area is 132 Å². The summed E-state index contributed by atoms with van der Waals surface area (Å²) in [5.74, 6) is 1.06. The van der Waals surface area contributed by atoms with Crippen LogP contribution in [0.4, 0.5) is 0 Å². The number of furan rings is 1. The van der Waals surface area contributed by atoms with E-state index in [2.05, 4.69) is 34.3 Å². The highest BCUT2D eigenvalue weighted by Gasteiger charge is 2.22. The summed E-state index contributed by atoms with van der Waals surface area (Å²) >= 11 is 0. The average Bonchev–Trinajstić information content (AvgIpc) is 3.08. The van der Waals surface area contributed by atoms with Gasteiger partial charge in [-0.3, -0.25) is 9.88 Å². The van der Waals surface area contributed by atoms with Gasteiger partial charge in [0.25, 0.3) is 0 Å². The molecule has 4 heteroatoms. The first-order valence-electron chi connectivity index (χ1n) is 8.26. The molecule has 0 spiro atoms. The van der Waals surface area contributed by atoms with Crippen molar-refractivity contribution < 1.29 is 4.42 Å². The quantitative estimate of drug-likeness (QED) is 0.888. The van der Waals surface area contributed by atoms with Gasteiger partial charge in [0.2, 0.25) is 0 Å². The van der Waals surface area contributed by atoms with Crippen LogP contribution < -0.4 is 5.32 Å². The van der Waals surface area contributed by atoms with Crippen LogP contribution in [-0.2, 0) is 6.54 Å². The molecule has 3 heterocycles. The normalized spacial score (nSPS) is 18.4. The molecule has 0 bridgehead atoms. The number of piperidine rings is 1. The monoisotopic (exact) mass is 299 g/mol. The first-order chi connectivity index (χ1) is 10.8. The van der Waals surface area contributed by atoms with Crippen LogP contribution in [0.3, 0.4) is 0 Å². The average molecular weight is 299 g/mol. The number of pyridine rings is 1. The van der Waals surface area contributed by atoms with Gasteiger partial charge in [-0.05, 0) is 43.0 Å². The van der Waals surface area contributed by atoms with E-state index >= 15 is 0 Å². The Morgan fingerprint density at radius 1 is 1.32 bits per heavy atom. The first-order valence-corrected chi connectivity index (χ1v) is 8.26. The fraction of sp³-hybridized carbons (Fsp3) is 0.500. The van der Waals surface area contributed by atoms with Crippen LogP contribution in [-0.4, -0.2) is 29.0 Å². The molecule has 2 aromatic rings. The molecule has 0 aliphatic carbocycles. The lowest BCUT2D eigenvalue weighted by Gasteiger charge is -2.34. The van der Waals surface area contributed by atoms with Crippen LogP contribution in [0.2, 0.25) is 0 Å². The molecule has 1 aliphatic heterocycles. The summed E-state index contributed by atoms with van der Waals surface area (Å²) in [4.78, 5) is 6.72. The number of likely N-dealkylation sites (tertiary alicyclic amines) is 1. The van der Waals surface area contributed by atoms with E-state index in [4.69, 9.17) is 4.42 Å². The minimum atomic E-state index is 0.412. The van der Waals surface area contributed by atoms with Crippen LogP contribution in [0.1, 0.15) is 43.6 Å². The maximum atomic E-state index is 5.44. The molecule has 0 amide bonds. The molecule has 118 valence electrons. The molecular formula is C18H25N3O. The van der Waals surface area contributed by atoms with Crippen molar-refractivity contribution >= 4 is 0 Å². The van der Waals surface area contributed by atoms with Gasteiger partial charge >= 0.3 is 0 Å². The van der Waals surface area contributed by atoms with Gasteiger partial charge in [0.05, 0.1) is 12.8 Å². The minimum Gasteiger partial charge on any atom is -0.468 e. The summed E-state index contributed by atoms with van der Waals surface area (Å²) in [6.45, 7) is 5.42. The van der Waals surface area contributed by atoms with Gasteiger partial charge in [0.15, 0.2) is 0 Å². The third-order valence-corrected chi connectivity index (χ3v) is 4.48. The van der Waals surface area contributed by atoms with Gasteiger partial charge in [0, 0.05) is 37.6 Å². The SMILES string of the molecule is CCC(NC1CCN(Cc2ccco2)CC1)c1cccnc1. The predicted molar refractivity (Wildman–Crippen MR) is 87.4 cm³/mol.